The van der Waals surface area contributed by atoms with E-state index in [4.69, 9.17) is 0 Å². The molecule has 0 N–H and O–H groups in total. The summed E-state index contributed by atoms with van der Waals surface area (Å²) in [6.07, 6.45) is 0. The average molecular weight is 260 g/mol. The minimum atomic E-state index is -0.190. The Hall–Kier alpha value is -1.32. The van der Waals surface area contributed by atoms with Gasteiger partial charge in [-0.25, -0.2) is 4.39 Å². The van der Waals surface area contributed by atoms with E-state index in [9.17, 15) is 4.39 Å². The minimum Gasteiger partial charge on any atom is -0.207 e. The molecule has 3 aromatic rings. The summed E-state index contributed by atoms with van der Waals surface area (Å²) in [5.74, 6) is -0.190. The summed E-state index contributed by atoms with van der Waals surface area (Å²) in [6, 6.07) is 15.0. The first-order chi connectivity index (χ1) is 8.33. The van der Waals surface area contributed by atoms with E-state index in [-0.39, 0.29) is 5.82 Å². The molecule has 0 nitrogen and oxygen atoms in total. The molecule has 0 unspecified atom stereocenters. The van der Waals surface area contributed by atoms with Crippen LogP contribution in [0.3, 0.4) is 0 Å². The molecule has 17 heavy (non-hydrogen) atoms. The van der Waals surface area contributed by atoms with Crippen LogP contribution in [0.25, 0.3) is 10.1 Å². The van der Waals surface area contributed by atoms with E-state index in [1.807, 2.05) is 24.3 Å². The molecule has 1 heterocycles. The Morgan fingerprint density at radius 3 is 2.53 bits per heavy atom. The molecule has 0 spiro atoms. The number of fused-ring (bicyclic) bond motifs is 1. The lowest BCUT2D eigenvalue weighted by molar-refractivity contribution is 0.626. The Balaban J connectivity index is 1.97. The molecule has 0 aliphatic carbocycles. The van der Waals surface area contributed by atoms with E-state index < -0.39 is 0 Å². The van der Waals surface area contributed by atoms with Crippen molar-refractivity contribution >= 4 is 33.2 Å². The van der Waals surface area contributed by atoms with Gasteiger partial charge in [0.1, 0.15) is 5.82 Å². The highest BCUT2D eigenvalue weighted by Gasteiger charge is 2.05. The van der Waals surface area contributed by atoms with E-state index in [0.717, 1.165) is 4.90 Å². The smallest absolute Gasteiger partial charge is 0.123 e. The van der Waals surface area contributed by atoms with Gasteiger partial charge in [0.25, 0.3) is 0 Å². The van der Waals surface area contributed by atoms with Crippen LogP contribution < -0.4 is 0 Å². The fourth-order valence-electron chi connectivity index (χ4n) is 1.66. The van der Waals surface area contributed by atoms with Gasteiger partial charge in [-0.1, -0.05) is 30.0 Å². The Labute approximate surface area is 107 Å². The summed E-state index contributed by atoms with van der Waals surface area (Å²) >= 11 is 3.42. The van der Waals surface area contributed by atoms with Crippen molar-refractivity contribution in [2.24, 2.45) is 0 Å². The summed E-state index contributed by atoms with van der Waals surface area (Å²) in [7, 11) is 0. The molecular weight excluding hydrogens is 251 g/mol. The second-order valence-corrected chi connectivity index (χ2v) is 5.68. The maximum atomic E-state index is 12.8. The normalized spacial score (nSPS) is 10.9. The second-order valence-electron chi connectivity index (χ2n) is 3.65. The molecule has 0 fully saturated rings. The summed E-state index contributed by atoms with van der Waals surface area (Å²) in [5.41, 5.74) is 0. The van der Waals surface area contributed by atoms with Crippen molar-refractivity contribution in [1.29, 1.82) is 0 Å². The molecule has 0 aliphatic rings. The van der Waals surface area contributed by atoms with Crippen LogP contribution in [0, 0.1) is 5.82 Å². The van der Waals surface area contributed by atoms with E-state index in [1.165, 1.54) is 27.1 Å². The average Bonchev–Trinajstić information content (AvgIpc) is 2.76. The molecule has 1 aromatic heterocycles. The van der Waals surface area contributed by atoms with Gasteiger partial charge in [0.15, 0.2) is 0 Å². The lowest BCUT2D eigenvalue weighted by Crippen LogP contribution is -1.74. The standard InChI is InChI=1S/C14H9FS2/c15-10-5-7-11(8-6-10)17-14-9-16-13-4-2-1-3-12(13)14/h1-9H. The third-order valence-corrected chi connectivity index (χ3v) is 4.67. The van der Waals surface area contributed by atoms with Gasteiger partial charge in [-0.3, -0.25) is 0 Å². The van der Waals surface area contributed by atoms with Gasteiger partial charge in [0.2, 0.25) is 0 Å². The van der Waals surface area contributed by atoms with Crippen molar-refractivity contribution in [2.75, 3.05) is 0 Å². The van der Waals surface area contributed by atoms with E-state index in [0.29, 0.717) is 0 Å². The van der Waals surface area contributed by atoms with Gasteiger partial charge in [-0.05, 0) is 30.3 Å². The highest BCUT2D eigenvalue weighted by Crippen LogP contribution is 2.37. The van der Waals surface area contributed by atoms with Crippen LogP contribution in [0.2, 0.25) is 0 Å². The van der Waals surface area contributed by atoms with Crippen LogP contribution in [0.1, 0.15) is 0 Å². The Morgan fingerprint density at radius 1 is 0.941 bits per heavy atom. The van der Waals surface area contributed by atoms with Crippen molar-refractivity contribution in [3.8, 4) is 0 Å². The minimum absolute atomic E-state index is 0.190. The third kappa shape index (κ3) is 2.21. The molecular formula is C14H9FS2. The van der Waals surface area contributed by atoms with Gasteiger partial charge in [-0.15, -0.1) is 11.3 Å². The first kappa shape index (κ1) is 10.8. The molecule has 84 valence electrons. The third-order valence-electron chi connectivity index (χ3n) is 2.49. The zero-order valence-electron chi connectivity index (χ0n) is 8.89. The van der Waals surface area contributed by atoms with Gasteiger partial charge in [0, 0.05) is 25.3 Å². The number of thiophene rings is 1. The SMILES string of the molecule is Fc1ccc(Sc2csc3ccccc23)cc1. The molecule has 0 bridgehead atoms. The van der Waals surface area contributed by atoms with Crippen LogP contribution in [0.5, 0.6) is 0 Å². The van der Waals surface area contributed by atoms with Crippen LogP contribution in [0.4, 0.5) is 4.39 Å². The zero-order chi connectivity index (χ0) is 11.7. The predicted octanol–water partition coefficient (Wildman–Crippen LogP) is 5.19. The fourth-order valence-corrected chi connectivity index (χ4v) is 3.70. The van der Waals surface area contributed by atoms with Gasteiger partial charge >= 0.3 is 0 Å². The van der Waals surface area contributed by atoms with E-state index in [2.05, 4.69) is 17.5 Å². The highest BCUT2D eigenvalue weighted by atomic mass is 32.2. The first-order valence-corrected chi connectivity index (χ1v) is 6.92. The number of halogens is 1. The van der Waals surface area contributed by atoms with E-state index >= 15 is 0 Å². The van der Waals surface area contributed by atoms with Crippen molar-refractivity contribution in [2.45, 2.75) is 9.79 Å². The molecule has 0 saturated carbocycles. The van der Waals surface area contributed by atoms with Crippen LogP contribution >= 0.6 is 23.1 Å². The van der Waals surface area contributed by atoms with Gasteiger partial charge in [-0.2, -0.15) is 0 Å². The summed E-state index contributed by atoms with van der Waals surface area (Å²) in [6.45, 7) is 0. The Bertz CT molecular complexity index is 641. The van der Waals surface area contributed by atoms with Crippen molar-refractivity contribution in [1.82, 2.24) is 0 Å². The lowest BCUT2D eigenvalue weighted by atomic mass is 10.3. The highest BCUT2D eigenvalue weighted by molar-refractivity contribution is 7.99. The predicted molar refractivity (Wildman–Crippen MR) is 72.3 cm³/mol. The summed E-state index contributed by atoms with van der Waals surface area (Å²) < 4.78 is 14.1. The number of hydrogen-bond acceptors (Lipinski definition) is 2. The first-order valence-electron chi connectivity index (χ1n) is 5.22. The second kappa shape index (κ2) is 4.51. The molecule has 0 radical (unpaired) electrons. The molecule has 0 aliphatic heterocycles. The van der Waals surface area contributed by atoms with Crippen molar-refractivity contribution in [3.05, 3.63) is 59.7 Å². The maximum absolute atomic E-state index is 12.8. The Morgan fingerprint density at radius 2 is 1.71 bits per heavy atom. The molecule has 0 atom stereocenters. The molecule has 3 heteroatoms. The molecule has 2 aromatic carbocycles. The summed E-state index contributed by atoms with van der Waals surface area (Å²) in [4.78, 5) is 2.30. The fraction of sp³-hybridized carbons (Fsp3) is 0. The van der Waals surface area contributed by atoms with E-state index in [1.54, 1.807) is 23.1 Å². The largest absolute Gasteiger partial charge is 0.207 e. The number of rotatable bonds is 2. The number of hydrogen-bond donors (Lipinski definition) is 0. The quantitative estimate of drug-likeness (QED) is 0.611. The monoisotopic (exact) mass is 260 g/mol. The van der Waals surface area contributed by atoms with Crippen molar-refractivity contribution in [3.63, 3.8) is 0 Å². The molecule has 0 saturated heterocycles. The van der Waals surface area contributed by atoms with Gasteiger partial charge in [0.05, 0.1) is 0 Å². The van der Waals surface area contributed by atoms with Gasteiger partial charge < -0.3 is 0 Å². The maximum Gasteiger partial charge on any atom is 0.123 e. The molecule has 0 amide bonds. The summed E-state index contributed by atoms with van der Waals surface area (Å²) in [5, 5.41) is 3.42. The van der Waals surface area contributed by atoms with Crippen molar-refractivity contribution < 1.29 is 4.39 Å². The number of benzene rings is 2. The lowest BCUT2D eigenvalue weighted by Gasteiger charge is -1.99. The van der Waals surface area contributed by atoms with Crippen LogP contribution in [-0.4, -0.2) is 0 Å². The topological polar surface area (TPSA) is 0 Å². The molecule has 3 rings (SSSR count). The zero-order valence-corrected chi connectivity index (χ0v) is 10.5. The van der Waals surface area contributed by atoms with Crippen LogP contribution in [0.15, 0.2) is 63.7 Å². The Kier molecular flexibility index (Phi) is 2.87. The van der Waals surface area contributed by atoms with Crippen LogP contribution in [-0.2, 0) is 0 Å².